The van der Waals surface area contributed by atoms with Crippen LogP contribution in [0.2, 0.25) is 0 Å². The Labute approximate surface area is 113 Å². The van der Waals surface area contributed by atoms with Gasteiger partial charge in [-0.1, -0.05) is 12.5 Å². The zero-order chi connectivity index (χ0) is 13.8. The predicted molar refractivity (Wildman–Crippen MR) is 74.5 cm³/mol. The third-order valence-corrected chi connectivity index (χ3v) is 3.78. The molecule has 5 N–H and O–H groups in total. The van der Waals surface area contributed by atoms with E-state index in [9.17, 15) is 4.79 Å². The zero-order valence-electron chi connectivity index (χ0n) is 11.0. The molecule has 0 unspecified atom stereocenters. The van der Waals surface area contributed by atoms with Gasteiger partial charge in [0, 0.05) is 30.4 Å². The topological polar surface area (TPSA) is 92.6 Å². The fraction of sp³-hybridized carbons (Fsp3) is 0.500. The fourth-order valence-electron chi connectivity index (χ4n) is 2.38. The molecule has 0 heterocycles. The Kier molecular flexibility index (Phi) is 4.39. The van der Waals surface area contributed by atoms with Gasteiger partial charge in [-0.15, -0.1) is 0 Å². The highest BCUT2D eigenvalue weighted by atomic mass is 16.3. The Morgan fingerprint density at radius 1 is 1.42 bits per heavy atom. The van der Waals surface area contributed by atoms with Gasteiger partial charge in [-0.2, -0.15) is 0 Å². The van der Waals surface area contributed by atoms with Crippen molar-refractivity contribution in [3.05, 3.63) is 29.3 Å². The number of hydrogen-bond donors (Lipinski definition) is 3. The van der Waals surface area contributed by atoms with Crippen molar-refractivity contribution in [2.45, 2.75) is 31.8 Å². The minimum absolute atomic E-state index is 0.149. The molecule has 104 valence electrons. The normalized spacial score (nSPS) is 15.5. The fourth-order valence-corrected chi connectivity index (χ4v) is 2.38. The molecule has 5 heteroatoms. The molecule has 1 amide bonds. The molecular weight excluding hydrogens is 242 g/mol. The summed E-state index contributed by atoms with van der Waals surface area (Å²) in [5, 5.41) is 9.14. The number of amides is 1. The van der Waals surface area contributed by atoms with Gasteiger partial charge < -0.3 is 16.6 Å². The van der Waals surface area contributed by atoms with Crippen molar-refractivity contribution >= 4 is 11.6 Å². The average Bonchev–Trinajstić information content (AvgIpc) is 2.29. The monoisotopic (exact) mass is 263 g/mol. The molecule has 1 aromatic carbocycles. The van der Waals surface area contributed by atoms with Crippen LogP contribution in [0.1, 0.15) is 35.2 Å². The molecule has 2 rings (SSSR count). The number of nitrogens with zero attached hydrogens (tertiary/aromatic N) is 1. The maximum atomic E-state index is 11.1. The van der Waals surface area contributed by atoms with Gasteiger partial charge in [-0.25, -0.2) is 0 Å². The Morgan fingerprint density at radius 3 is 2.63 bits per heavy atom. The van der Waals surface area contributed by atoms with Crippen LogP contribution in [0.25, 0.3) is 0 Å². The molecule has 1 aliphatic rings. The Hall–Kier alpha value is -1.59. The molecule has 1 saturated carbocycles. The van der Waals surface area contributed by atoms with Crippen molar-refractivity contribution in [1.82, 2.24) is 4.90 Å². The lowest BCUT2D eigenvalue weighted by Gasteiger charge is -2.37. The van der Waals surface area contributed by atoms with Crippen LogP contribution in [-0.2, 0) is 6.54 Å². The maximum absolute atomic E-state index is 11.1. The largest absolute Gasteiger partial charge is 0.398 e. The van der Waals surface area contributed by atoms with Gasteiger partial charge in [-0.3, -0.25) is 9.69 Å². The number of anilines is 1. The van der Waals surface area contributed by atoms with E-state index in [-0.39, 0.29) is 6.61 Å². The number of carbonyl (C=O) groups is 1. The highest BCUT2D eigenvalue weighted by molar-refractivity contribution is 5.93. The average molecular weight is 263 g/mol. The molecule has 0 atom stereocenters. The number of carbonyl (C=O) groups excluding carboxylic acids is 1. The van der Waals surface area contributed by atoms with E-state index in [0.29, 0.717) is 30.4 Å². The number of hydrogen-bond acceptors (Lipinski definition) is 4. The number of nitrogen functional groups attached to an aromatic ring is 1. The first-order chi connectivity index (χ1) is 9.11. The lowest BCUT2D eigenvalue weighted by atomic mass is 9.91. The summed E-state index contributed by atoms with van der Waals surface area (Å²) in [5.41, 5.74) is 13.2. The number of benzene rings is 1. The number of primary amides is 1. The lowest BCUT2D eigenvalue weighted by Crippen LogP contribution is -2.41. The summed E-state index contributed by atoms with van der Waals surface area (Å²) in [6, 6.07) is 5.71. The van der Waals surface area contributed by atoms with Gasteiger partial charge >= 0.3 is 0 Å². The van der Waals surface area contributed by atoms with Crippen LogP contribution in [0.5, 0.6) is 0 Å². The van der Waals surface area contributed by atoms with Gasteiger partial charge in [0.05, 0.1) is 6.61 Å². The number of aliphatic hydroxyl groups excluding tert-OH is 1. The van der Waals surface area contributed by atoms with E-state index in [1.807, 2.05) is 6.07 Å². The van der Waals surface area contributed by atoms with E-state index in [4.69, 9.17) is 16.6 Å². The molecule has 0 aromatic heterocycles. The summed E-state index contributed by atoms with van der Waals surface area (Å²) in [6.45, 7) is 1.51. The molecule has 0 radical (unpaired) electrons. The first-order valence-corrected chi connectivity index (χ1v) is 6.65. The number of nitrogens with two attached hydrogens (primary N) is 2. The van der Waals surface area contributed by atoms with Gasteiger partial charge in [-0.05, 0) is 30.5 Å². The van der Waals surface area contributed by atoms with Gasteiger partial charge in [0.2, 0.25) is 5.91 Å². The van der Waals surface area contributed by atoms with E-state index in [1.165, 1.54) is 19.3 Å². The van der Waals surface area contributed by atoms with Crippen LogP contribution in [-0.4, -0.2) is 35.1 Å². The molecule has 1 aromatic rings. The van der Waals surface area contributed by atoms with Crippen LogP contribution in [0.4, 0.5) is 5.69 Å². The molecule has 0 bridgehead atoms. The minimum atomic E-state index is -0.468. The summed E-state index contributed by atoms with van der Waals surface area (Å²) >= 11 is 0. The second kappa shape index (κ2) is 6.04. The predicted octanol–water partition coefficient (Wildman–Crippen LogP) is 0.714. The van der Waals surface area contributed by atoms with E-state index >= 15 is 0 Å². The quantitative estimate of drug-likeness (QED) is 0.659. The third-order valence-electron chi connectivity index (χ3n) is 3.78. The van der Waals surface area contributed by atoms with Gasteiger partial charge in [0.25, 0.3) is 0 Å². The van der Waals surface area contributed by atoms with Crippen molar-refractivity contribution in [2.75, 3.05) is 18.9 Å². The van der Waals surface area contributed by atoms with Crippen LogP contribution in [0.15, 0.2) is 18.2 Å². The molecule has 5 nitrogen and oxygen atoms in total. The van der Waals surface area contributed by atoms with E-state index in [0.717, 1.165) is 5.56 Å². The van der Waals surface area contributed by atoms with Crippen LogP contribution >= 0.6 is 0 Å². The van der Waals surface area contributed by atoms with Gasteiger partial charge in [0.1, 0.15) is 0 Å². The minimum Gasteiger partial charge on any atom is -0.398 e. The van der Waals surface area contributed by atoms with Crippen molar-refractivity contribution in [2.24, 2.45) is 5.73 Å². The number of rotatable bonds is 6. The maximum Gasteiger partial charge on any atom is 0.248 e. The molecule has 0 spiro atoms. The second-order valence-corrected chi connectivity index (χ2v) is 5.06. The summed E-state index contributed by atoms with van der Waals surface area (Å²) < 4.78 is 0. The first kappa shape index (κ1) is 13.8. The van der Waals surface area contributed by atoms with Crippen molar-refractivity contribution in [1.29, 1.82) is 0 Å². The summed E-state index contributed by atoms with van der Waals surface area (Å²) in [5.74, 6) is -0.468. The van der Waals surface area contributed by atoms with Crippen LogP contribution < -0.4 is 11.5 Å². The van der Waals surface area contributed by atoms with Crippen LogP contribution in [0.3, 0.4) is 0 Å². The molecule has 19 heavy (non-hydrogen) atoms. The SMILES string of the molecule is NC(=O)c1ccc(CN(CCO)C2CCC2)c(N)c1. The number of aliphatic hydroxyl groups is 1. The Balaban J connectivity index is 2.09. The molecule has 0 saturated heterocycles. The van der Waals surface area contributed by atoms with E-state index < -0.39 is 5.91 Å². The van der Waals surface area contributed by atoms with Gasteiger partial charge in [0.15, 0.2) is 0 Å². The van der Waals surface area contributed by atoms with E-state index in [1.54, 1.807) is 12.1 Å². The van der Waals surface area contributed by atoms with E-state index in [2.05, 4.69) is 4.90 Å². The smallest absolute Gasteiger partial charge is 0.248 e. The summed E-state index contributed by atoms with van der Waals surface area (Å²) in [7, 11) is 0. The molecular formula is C14H21N3O2. The lowest BCUT2D eigenvalue weighted by molar-refractivity contribution is 0.0947. The third kappa shape index (κ3) is 3.24. The Morgan fingerprint density at radius 2 is 2.16 bits per heavy atom. The standard InChI is InChI=1S/C14H21N3O2/c15-13-8-10(14(16)19)4-5-11(13)9-17(6-7-18)12-2-1-3-12/h4-5,8,12,18H,1-3,6-7,9,15H2,(H2,16,19). The van der Waals surface area contributed by atoms with Crippen LogP contribution in [0, 0.1) is 0 Å². The summed E-state index contributed by atoms with van der Waals surface area (Å²) in [6.07, 6.45) is 3.61. The van der Waals surface area contributed by atoms with Crippen molar-refractivity contribution in [3.8, 4) is 0 Å². The Bertz CT molecular complexity index is 458. The molecule has 0 aliphatic heterocycles. The highest BCUT2D eigenvalue weighted by Crippen LogP contribution is 2.27. The van der Waals surface area contributed by atoms with Crippen molar-refractivity contribution < 1.29 is 9.90 Å². The first-order valence-electron chi connectivity index (χ1n) is 6.65. The van der Waals surface area contributed by atoms with Crippen molar-refractivity contribution in [3.63, 3.8) is 0 Å². The molecule has 1 fully saturated rings. The second-order valence-electron chi connectivity index (χ2n) is 5.06. The highest BCUT2D eigenvalue weighted by Gasteiger charge is 2.24. The summed E-state index contributed by atoms with van der Waals surface area (Å²) in [4.78, 5) is 13.3. The molecule has 1 aliphatic carbocycles. The zero-order valence-corrected chi connectivity index (χ0v) is 11.0.